The van der Waals surface area contributed by atoms with Gasteiger partial charge in [0.25, 0.3) is 5.91 Å². The summed E-state index contributed by atoms with van der Waals surface area (Å²) in [5, 5.41) is 14.7. The lowest BCUT2D eigenvalue weighted by Crippen LogP contribution is -2.56. The number of aromatic nitrogens is 1. The Morgan fingerprint density at radius 2 is 2.13 bits per heavy atom. The first-order valence-corrected chi connectivity index (χ1v) is 8.20. The van der Waals surface area contributed by atoms with Crippen molar-refractivity contribution < 1.29 is 14.7 Å². The third kappa shape index (κ3) is 1.65. The molecule has 3 heterocycles. The monoisotopic (exact) mass is 358 g/mol. The van der Waals surface area contributed by atoms with E-state index in [0.29, 0.717) is 17.3 Å². The number of nitrogens with one attached hydrogen (secondary N) is 1. The van der Waals surface area contributed by atoms with Crippen LogP contribution in [0.4, 0.5) is 4.79 Å². The Labute approximate surface area is 142 Å². The molecule has 4 atom stereocenters. The normalized spacial score (nSPS) is 35.3. The highest BCUT2D eigenvalue weighted by Crippen LogP contribution is 2.50. The van der Waals surface area contributed by atoms with E-state index >= 15 is 0 Å². The van der Waals surface area contributed by atoms with Gasteiger partial charge in [0.15, 0.2) is 5.72 Å². The lowest BCUT2D eigenvalue weighted by atomic mass is 10.0. The van der Waals surface area contributed by atoms with Gasteiger partial charge in [0.2, 0.25) is 0 Å². The molecule has 0 aromatic carbocycles. The van der Waals surface area contributed by atoms with E-state index in [4.69, 9.17) is 23.2 Å². The molecule has 1 saturated heterocycles. The molecule has 23 heavy (non-hydrogen) atoms. The zero-order valence-corrected chi connectivity index (χ0v) is 14.1. The van der Waals surface area contributed by atoms with E-state index in [9.17, 15) is 14.7 Å². The number of aliphatic hydroxyl groups is 1. The summed E-state index contributed by atoms with van der Waals surface area (Å²) in [6, 6.07) is 0.0678. The summed E-state index contributed by atoms with van der Waals surface area (Å²) in [5.74, 6) is -0.305. The number of urea groups is 1. The molecular weight excluding hydrogens is 343 g/mol. The van der Waals surface area contributed by atoms with Gasteiger partial charge in [-0.05, 0) is 13.0 Å². The molecule has 0 unspecified atom stereocenters. The molecule has 1 saturated carbocycles. The summed E-state index contributed by atoms with van der Waals surface area (Å²) in [7, 11) is 1.64. The summed E-state index contributed by atoms with van der Waals surface area (Å²) in [5.41, 5.74) is -0.966. The molecule has 3 amide bonds. The van der Waals surface area contributed by atoms with Crippen LogP contribution in [0.1, 0.15) is 29.9 Å². The van der Waals surface area contributed by atoms with Gasteiger partial charge in [0.1, 0.15) is 16.9 Å². The number of amides is 3. The zero-order valence-electron chi connectivity index (χ0n) is 12.6. The third-order valence-corrected chi connectivity index (χ3v) is 6.04. The SMILES string of the molecule is CCN1C(=O)N(C)[C@H]2[C@@H]3NC(=O)c4cc(Cl)c(Cl)n4[C@@H]3C[C@]21O. The molecule has 9 heteroatoms. The molecule has 4 rings (SSSR count). The third-order valence-electron chi connectivity index (χ3n) is 5.27. The molecule has 124 valence electrons. The quantitative estimate of drug-likeness (QED) is 0.794. The molecule has 1 aromatic heterocycles. The van der Waals surface area contributed by atoms with E-state index in [1.54, 1.807) is 11.6 Å². The second-order valence-corrected chi connectivity index (χ2v) is 7.04. The molecule has 2 aliphatic heterocycles. The highest BCUT2D eigenvalue weighted by Gasteiger charge is 2.66. The fourth-order valence-electron chi connectivity index (χ4n) is 4.38. The Morgan fingerprint density at radius 3 is 2.78 bits per heavy atom. The topological polar surface area (TPSA) is 77.8 Å². The molecule has 1 aromatic rings. The van der Waals surface area contributed by atoms with Crippen molar-refractivity contribution in [1.82, 2.24) is 19.7 Å². The Balaban J connectivity index is 1.86. The number of halogens is 2. The Bertz CT molecular complexity index is 736. The fraction of sp³-hybridized carbons (Fsp3) is 0.571. The minimum absolute atomic E-state index is 0.241. The lowest BCUT2D eigenvalue weighted by Gasteiger charge is -2.34. The van der Waals surface area contributed by atoms with Crippen molar-refractivity contribution in [2.75, 3.05) is 13.6 Å². The largest absolute Gasteiger partial charge is 0.368 e. The summed E-state index contributed by atoms with van der Waals surface area (Å²) < 4.78 is 1.68. The first-order chi connectivity index (χ1) is 10.8. The van der Waals surface area contributed by atoms with E-state index in [-0.39, 0.29) is 29.6 Å². The van der Waals surface area contributed by atoms with Gasteiger partial charge >= 0.3 is 6.03 Å². The highest BCUT2D eigenvalue weighted by molar-refractivity contribution is 6.42. The minimum Gasteiger partial charge on any atom is -0.368 e. The number of likely N-dealkylation sites (N-methyl/N-ethyl adjacent to an activating group) is 2. The maximum absolute atomic E-state index is 12.4. The minimum atomic E-state index is -1.34. The number of hydrogen-bond donors (Lipinski definition) is 2. The van der Waals surface area contributed by atoms with Gasteiger partial charge in [-0.3, -0.25) is 9.69 Å². The van der Waals surface area contributed by atoms with Crippen LogP contribution in [0, 0.1) is 0 Å². The van der Waals surface area contributed by atoms with Crippen molar-refractivity contribution in [3.05, 3.63) is 21.9 Å². The smallest absolute Gasteiger partial charge is 0.322 e. The van der Waals surface area contributed by atoms with Crippen molar-refractivity contribution in [1.29, 1.82) is 0 Å². The molecule has 0 spiro atoms. The average Bonchev–Trinajstić information content (AvgIpc) is 3.01. The number of carbonyl (C=O) groups is 2. The predicted molar refractivity (Wildman–Crippen MR) is 83.6 cm³/mol. The summed E-state index contributed by atoms with van der Waals surface area (Å²) >= 11 is 12.3. The molecule has 7 nitrogen and oxygen atoms in total. The number of rotatable bonds is 1. The summed E-state index contributed by atoms with van der Waals surface area (Å²) in [6.45, 7) is 2.20. The molecule has 0 bridgehead atoms. The van der Waals surface area contributed by atoms with Gasteiger partial charge in [-0.15, -0.1) is 0 Å². The van der Waals surface area contributed by atoms with Gasteiger partial charge in [0.05, 0.1) is 17.1 Å². The number of carbonyl (C=O) groups excluding carboxylic acids is 2. The molecular formula is C14H16Cl2N4O3. The first-order valence-electron chi connectivity index (χ1n) is 7.45. The van der Waals surface area contributed by atoms with Gasteiger partial charge in [-0.1, -0.05) is 23.2 Å². The van der Waals surface area contributed by atoms with Crippen LogP contribution in [0.5, 0.6) is 0 Å². The van der Waals surface area contributed by atoms with Gasteiger partial charge in [0, 0.05) is 20.0 Å². The first kappa shape index (κ1) is 15.1. The Hall–Kier alpha value is -1.44. The summed E-state index contributed by atoms with van der Waals surface area (Å²) in [6.07, 6.45) is 0.282. The second kappa shape index (κ2) is 4.55. The molecule has 1 aliphatic carbocycles. The summed E-state index contributed by atoms with van der Waals surface area (Å²) in [4.78, 5) is 27.7. The lowest BCUT2D eigenvalue weighted by molar-refractivity contribution is -0.0714. The molecule has 3 aliphatic rings. The maximum Gasteiger partial charge on any atom is 0.322 e. The highest BCUT2D eigenvalue weighted by atomic mass is 35.5. The Morgan fingerprint density at radius 1 is 1.43 bits per heavy atom. The Kier molecular flexibility index (Phi) is 2.99. The van der Waals surface area contributed by atoms with Crippen LogP contribution < -0.4 is 5.32 Å². The van der Waals surface area contributed by atoms with Crippen molar-refractivity contribution in [3.8, 4) is 0 Å². The zero-order chi connectivity index (χ0) is 16.7. The van der Waals surface area contributed by atoms with Crippen molar-refractivity contribution >= 4 is 35.1 Å². The van der Waals surface area contributed by atoms with Crippen molar-refractivity contribution in [2.24, 2.45) is 0 Å². The van der Waals surface area contributed by atoms with Crippen molar-refractivity contribution in [2.45, 2.75) is 37.2 Å². The van der Waals surface area contributed by atoms with E-state index in [1.165, 1.54) is 15.9 Å². The van der Waals surface area contributed by atoms with Gasteiger partial charge < -0.3 is 19.9 Å². The average molecular weight is 359 g/mol. The van der Waals surface area contributed by atoms with Crippen LogP contribution in [-0.4, -0.2) is 62.8 Å². The van der Waals surface area contributed by atoms with Gasteiger partial charge in [-0.2, -0.15) is 0 Å². The van der Waals surface area contributed by atoms with Crippen LogP contribution in [0.15, 0.2) is 6.07 Å². The molecule has 2 fully saturated rings. The van der Waals surface area contributed by atoms with Crippen LogP contribution in [-0.2, 0) is 0 Å². The van der Waals surface area contributed by atoms with E-state index in [0.717, 1.165) is 0 Å². The van der Waals surface area contributed by atoms with E-state index < -0.39 is 17.8 Å². The van der Waals surface area contributed by atoms with E-state index in [2.05, 4.69) is 5.32 Å². The predicted octanol–water partition coefficient (Wildman–Crippen LogP) is 1.30. The van der Waals surface area contributed by atoms with E-state index in [1.807, 2.05) is 6.92 Å². The van der Waals surface area contributed by atoms with Crippen LogP contribution in [0.3, 0.4) is 0 Å². The second-order valence-electron chi connectivity index (χ2n) is 6.27. The van der Waals surface area contributed by atoms with Gasteiger partial charge in [-0.25, -0.2) is 4.79 Å². The van der Waals surface area contributed by atoms with Crippen LogP contribution >= 0.6 is 23.2 Å². The number of nitrogens with zero attached hydrogens (tertiary/aromatic N) is 3. The number of fused-ring (bicyclic) bond motifs is 5. The van der Waals surface area contributed by atoms with Crippen LogP contribution in [0.2, 0.25) is 10.2 Å². The van der Waals surface area contributed by atoms with Crippen LogP contribution in [0.25, 0.3) is 0 Å². The maximum atomic E-state index is 12.4. The van der Waals surface area contributed by atoms with Crippen molar-refractivity contribution in [3.63, 3.8) is 0 Å². The molecule has 2 N–H and O–H groups in total. The standard InChI is InChI=1S/C14H16Cl2N4O3/c1-3-19-13(22)18(2)10-9-8(5-14(10,19)23)20-7(12(21)17-9)4-6(15)11(20)16/h4,8-10,23H,3,5H2,1-2H3,(H,17,21)/t8-,9-,10+,14+/m1/s1. The molecule has 0 radical (unpaired) electrons. The number of hydrogen-bond acceptors (Lipinski definition) is 3. The fourth-order valence-corrected chi connectivity index (χ4v) is 4.85.